The molecule has 0 aliphatic carbocycles. The zero-order valence-corrected chi connectivity index (χ0v) is 7.45. The van der Waals surface area contributed by atoms with Crippen molar-refractivity contribution in [1.82, 2.24) is 0 Å². The van der Waals surface area contributed by atoms with Crippen molar-refractivity contribution in [2.45, 2.75) is 6.92 Å². The van der Waals surface area contributed by atoms with Crippen LogP contribution in [0.3, 0.4) is 0 Å². The largest absolute Gasteiger partial charge is 0.289 e. The summed E-state index contributed by atoms with van der Waals surface area (Å²) >= 11 is 0. The van der Waals surface area contributed by atoms with Gasteiger partial charge in [0, 0.05) is 5.39 Å². The molecule has 2 aromatic carbocycles. The van der Waals surface area contributed by atoms with Crippen LogP contribution in [-0.2, 0) is 0 Å². The van der Waals surface area contributed by atoms with Crippen molar-refractivity contribution in [2.75, 3.05) is 0 Å². The van der Waals surface area contributed by atoms with E-state index >= 15 is 0 Å². The van der Waals surface area contributed by atoms with Crippen molar-refractivity contribution in [1.29, 1.82) is 0 Å². The molecule has 0 bridgehead atoms. The van der Waals surface area contributed by atoms with Gasteiger partial charge in [0.15, 0.2) is 5.43 Å². The Labute approximate surface area is 76.7 Å². The third kappa shape index (κ3) is 1.33. The van der Waals surface area contributed by atoms with E-state index in [-0.39, 0.29) is 5.43 Å². The van der Waals surface area contributed by atoms with Crippen LogP contribution in [0.1, 0.15) is 5.56 Å². The first-order chi connectivity index (χ1) is 6.29. The Bertz CT molecular complexity index is 500. The molecular formula is C12H10O. The summed E-state index contributed by atoms with van der Waals surface area (Å²) in [4.78, 5) is 11.5. The highest BCUT2D eigenvalue weighted by molar-refractivity contribution is 5.84. The van der Waals surface area contributed by atoms with Crippen molar-refractivity contribution in [2.24, 2.45) is 0 Å². The molecule has 0 saturated heterocycles. The van der Waals surface area contributed by atoms with Crippen molar-refractivity contribution in [3.63, 3.8) is 0 Å². The molecule has 1 heteroatoms. The van der Waals surface area contributed by atoms with Crippen LogP contribution < -0.4 is 5.43 Å². The summed E-state index contributed by atoms with van der Waals surface area (Å²) < 4.78 is 0. The van der Waals surface area contributed by atoms with Gasteiger partial charge >= 0.3 is 0 Å². The van der Waals surface area contributed by atoms with E-state index in [1.54, 1.807) is 12.1 Å². The maximum atomic E-state index is 11.5. The zero-order valence-electron chi connectivity index (χ0n) is 7.45. The lowest BCUT2D eigenvalue weighted by atomic mass is 10.1. The second kappa shape index (κ2) is 3.02. The van der Waals surface area contributed by atoms with Gasteiger partial charge in [-0.3, -0.25) is 4.79 Å². The Kier molecular flexibility index (Phi) is 1.85. The number of aryl methyl sites for hydroxylation is 1. The lowest BCUT2D eigenvalue weighted by Gasteiger charge is -1.93. The Morgan fingerprint density at radius 2 is 1.54 bits per heavy atom. The van der Waals surface area contributed by atoms with Crippen LogP contribution in [0.2, 0.25) is 0 Å². The van der Waals surface area contributed by atoms with Gasteiger partial charge in [-0.15, -0.1) is 0 Å². The van der Waals surface area contributed by atoms with Gasteiger partial charge in [0.05, 0.1) is 0 Å². The highest BCUT2D eigenvalue weighted by atomic mass is 16.1. The average Bonchev–Trinajstić information content (AvgIpc) is 2.29. The fraction of sp³-hybridized carbons (Fsp3) is 0.0833. The van der Waals surface area contributed by atoms with Crippen molar-refractivity contribution in [3.8, 4) is 0 Å². The molecule has 2 rings (SSSR count). The third-order valence-corrected chi connectivity index (χ3v) is 2.21. The molecule has 0 aromatic heterocycles. The van der Waals surface area contributed by atoms with Crippen LogP contribution in [0.25, 0.3) is 10.8 Å². The number of rotatable bonds is 0. The second-order valence-corrected chi connectivity index (χ2v) is 3.12. The van der Waals surface area contributed by atoms with E-state index in [2.05, 4.69) is 0 Å². The standard InChI is InChI=1S/C12H10O/c1-9-5-4-8-12(13)11-7-3-2-6-10(9)11/h2-8H,1H3. The number of hydrogen-bond acceptors (Lipinski definition) is 1. The number of hydrogen-bond donors (Lipinski definition) is 0. The highest BCUT2D eigenvalue weighted by Crippen LogP contribution is 2.12. The fourth-order valence-corrected chi connectivity index (χ4v) is 1.50. The monoisotopic (exact) mass is 170 g/mol. The van der Waals surface area contributed by atoms with Gasteiger partial charge in [0.1, 0.15) is 0 Å². The molecule has 0 radical (unpaired) electrons. The molecule has 64 valence electrons. The summed E-state index contributed by atoms with van der Waals surface area (Å²) in [5.74, 6) is 0. The topological polar surface area (TPSA) is 17.1 Å². The van der Waals surface area contributed by atoms with Gasteiger partial charge in [0.2, 0.25) is 0 Å². The lowest BCUT2D eigenvalue weighted by molar-refractivity contribution is 1.56. The maximum Gasteiger partial charge on any atom is 0.186 e. The summed E-state index contributed by atoms with van der Waals surface area (Å²) in [7, 11) is 0. The smallest absolute Gasteiger partial charge is 0.186 e. The minimum absolute atomic E-state index is 0.0868. The van der Waals surface area contributed by atoms with Crippen LogP contribution in [-0.4, -0.2) is 0 Å². The molecule has 0 amide bonds. The van der Waals surface area contributed by atoms with Crippen LogP contribution >= 0.6 is 0 Å². The Hall–Kier alpha value is -1.63. The van der Waals surface area contributed by atoms with Gasteiger partial charge in [0.25, 0.3) is 0 Å². The van der Waals surface area contributed by atoms with Crippen LogP contribution in [0.4, 0.5) is 0 Å². The van der Waals surface area contributed by atoms with E-state index in [1.165, 1.54) is 0 Å². The summed E-state index contributed by atoms with van der Waals surface area (Å²) in [6, 6.07) is 13.1. The van der Waals surface area contributed by atoms with Gasteiger partial charge < -0.3 is 0 Å². The first-order valence-corrected chi connectivity index (χ1v) is 4.28. The van der Waals surface area contributed by atoms with E-state index in [4.69, 9.17) is 0 Å². The van der Waals surface area contributed by atoms with Crippen LogP contribution in [0, 0.1) is 6.92 Å². The van der Waals surface area contributed by atoms with E-state index in [0.717, 1.165) is 16.3 Å². The highest BCUT2D eigenvalue weighted by Gasteiger charge is 1.96. The van der Waals surface area contributed by atoms with Crippen LogP contribution in [0.5, 0.6) is 0 Å². The minimum Gasteiger partial charge on any atom is -0.289 e. The Balaban J connectivity index is 3.10. The van der Waals surface area contributed by atoms with Crippen LogP contribution in [0.15, 0.2) is 47.3 Å². The summed E-state index contributed by atoms with van der Waals surface area (Å²) in [5, 5.41) is 1.84. The molecule has 0 N–H and O–H groups in total. The van der Waals surface area contributed by atoms with E-state index in [9.17, 15) is 4.79 Å². The molecule has 1 nitrogen and oxygen atoms in total. The summed E-state index contributed by atoms with van der Waals surface area (Å²) in [6.07, 6.45) is 0. The lowest BCUT2D eigenvalue weighted by Crippen LogP contribution is -1.93. The molecule has 0 fully saturated rings. The van der Waals surface area contributed by atoms with Crippen molar-refractivity contribution >= 4 is 10.8 Å². The van der Waals surface area contributed by atoms with E-state index in [1.807, 2.05) is 37.3 Å². The van der Waals surface area contributed by atoms with Gasteiger partial charge in [-0.1, -0.05) is 36.4 Å². The zero-order chi connectivity index (χ0) is 9.26. The first-order valence-electron chi connectivity index (χ1n) is 4.28. The number of benzene rings is 1. The summed E-state index contributed by atoms with van der Waals surface area (Å²) in [5.41, 5.74) is 1.22. The molecule has 0 heterocycles. The van der Waals surface area contributed by atoms with Crippen molar-refractivity contribution < 1.29 is 0 Å². The molecule has 0 aliphatic rings. The molecule has 13 heavy (non-hydrogen) atoms. The molecule has 0 atom stereocenters. The average molecular weight is 170 g/mol. The first kappa shape index (κ1) is 7.99. The predicted molar refractivity (Wildman–Crippen MR) is 55.0 cm³/mol. The molecule has 0 aliphatic heterocycles. The van der Waals surface area contributed by atoms with E-state index < -0.39 is 0 Å². The minimum atomic E-state index is 0.0868. The number of fused-ring (bicyclic) bond motifs is 1. The Morgan fingerprint density at radius 1 is 0.846 bits per heavy atom. The molecule has 2 aromatic rings. The van der Waals surface area contributed by atoms with Gasteiger partial charge in [-0.05, 0) is 23.9 Å². The quantitative estimate of drug-likeness (QED) is 0.593. The molecule has 0 saturated carbocycles. The fourth-order valence-electron chi connectivity index (χ4n) is 1.50. The van der Waals surface area contributed by atoms with E-state index in [0.29, 0.717) is 0 Å². The summed E-state index contributed by atoms with van der Waals surface area (Å²) in [6.45, 7) is 2.02. The second-order valence-electron chi connectivity index (χ2n) is 3.12. The normalized spacial score (nSPS) is 10.2. The molecule has 0 spiro atoms. The predicted octanol–water partition coefficient (Wildman–Crippen LogP) is 2.51. The SMILES string of the molecule is Cc1cccc(=O)c2ccccc12. The van der Waals surface area contributed by atoms with Gasteiger partial charge in [-0.25, -0.2) is 0 Å². The Morgan fingerprint density at radius 3 is 2.31 bits per heavy atom. The molecular weight excluding hydrogens is 160 g/mol. The van der Waals surface area contributed by atoms with Gasteiger partial charge in [-0.2, -0.15) is 0 Å². The van der Waals surface area contributed by atoms with Crippen molar-refractivity contribution in [3.05, 3.63) is 58.3 Å². The maximum absolute atomic E-state index is 11.5. The molecule has 0 unspecified atom stereocenters. The third-order valence-electron chi connectivity index (χ3n) is 2.21.